The number of rotatable bonds is 5. The largest absolute Gasteiger partial charge is 0.330 e. The fraction of sp³-hybridized carbons (Fsp3) is 1.00. The summed E-state index contributed by atoms with van der Waals surface area (Å²) < 4.78 is 0. The van der Waals surface area contributed by atoms with Gasteiger partial charge in [0.25, 0.3) is 0 Å². The Hall–Kier alpha value is -0.120. The molecule has 0 aromatic rings. The lowest BCUT2D eigenvalue weighted by Crippen LogP contribution is -2.45. The van der Waals surface area contributed by atoms with E-state index in [9.17, 15) is 0 Å². The predicted molar refractivity (Wildman–Crippen MR) is 70.6 cm³/mol. The maximum absolute atomic E-state index is 5.66. The van der Waals surface area contributed by atoms with Crippen LogP contribution in [0.15, 0.2) is 0 Å². The highest BCUT2D eigenvalue weighted by Crippen LogP contribution is 2.23. The van der Waals surface area contributed by atoms with Crippen molar-refractivity contribution in [2.75, 3.05) is 40.3 Å². The summed E-state index contributed by atoms with van der Waals surface area (Å²) in [7, 11) is 4.49. The summed E-state index contributed by atoms with van der Waals surface area (Å²) in [6, 6.07) is 0.772. The molecule has 1 aliphatic heterocycles. The molecule has 1 rings (SSSR count). The van der Waals surface area contributed by atoms with E-state index in [2.05, 4.69) is 37.7 Å². The van der Waals surface area contributed by atoms with E-state index in [-0.39, 0.29) is 0 Å². The molecule has 0 bridgehead atoms. The van der Waals surface area contributed by atoms with Crippen LogP contribution in [0.4, 0.5) is 0 Å². The molecular weight excluding hydrogens is 198 g/mol. The van der Waals surface area contributed by atoms with Crippen LogP contribution in [0.2, 0.25) is 0 Å². The number of hydrogen-bond acceptors (Lipinski definition) is 3. The van der Waals surface area contributed by atoms with E-state index in [1.165, 1.54) is 32.5 Å². The molecule has 0 aromatic carbocycles. The Kier molecular flexibility index (Phi) is 5.22. The summed E-state index contributed by atoms with van der Waals surface area (Å²) in [6.07, 6.45) is 3.74. The molecule has 1 heterocycles. The highest BCUT2D eigenvalue weighted by molar-refractivity contribution is 4.81. The lowest BCUT2D eigenvalue weighted by atomic mass is 9.88. The minimum Gasteiger partial charge on any atom is -0.330 e. The van der Waals surface area contributed by atoms with Crippen molar-refractivity contribution in [1.82, 2.24) is 9.80 Å². The molecule has 1 fully saturated rings. The number of nitrogens with two attached hydrogens (primary N) is 1. The number of hydrogen-bond donors (Lipinski definition) is 1. The van der Waals surface area contributed by atoms with Crippen molar-refractivity contribution in [3.05, 3.63) is 0 Å². The van der Waals surface area contributed by atoms with Gasteiger partial charge in [0, 0.05) is 12.6 Å². The van der Waals surface area contributed by atoms with Crippen LogP contribution in [0.1, 0.15) is 33.1 Å². The molecule has 1 aliphatic rings. The van der Waals surface area contributed by atoms with Crippen molar-refractivity contribution in [2.45, 2.75) is 39.2 Å². The van der Waals surface area contributed by atoms with Crippen LogP contribution in [0.3, 0.4) is 0 Å². The summed E-state index contributed by atoms with van der Waals surface area (Å²) in [5, 5.41) is 0. The van der Waals surface area contributed by atoms with E-state index in [1.807, 2.05) is 0 Å². The van der Waals surface area contributed by atoms with Crippen molar-refractivity contribution >= 4 is 0 Å². The van der Waals surface area contributed by atoms with Crippen LogP contribution in [0.5, 0.6) is 0 Å². The van der Waals surface area contributed by atoms with E-state index in [4.69, 9.17) is 5.73 Å². The van der Waals surface area contributed by atoms with Crippen LogP contribution in [-0.4, -0.2) is 56.1 Å². The van der Waals surface area contributed by atoms with Gasteiger partial charge in [0.05, 0.1) is 0 Å². The molecule has 96 valence electrons. The summed E-state index contributed by atoms with van der Waals surface area (Å²) in [5.74, 6) is 0. The first-order valence-electron chi connectivity index (χ1n) is 6.53. The van der Waals surface area contributed by atoms with Gasteiger partial charge < -0.3 is 15.5 Å². The van der Waals surface area contributed by atoms with Crippen LogP contribution >= 0.6 is 0 Å². The monoisotopic (exact) mass is 227 g/mol. The minimum absolute atomic E-state index is 0.354. The third-order valence-corrected chi connectivity index (χ3v) is 3.81. The van der Waals surface area contributed by atoms with Gasteiger partial charge in [0.15, 0.2) is 0 Å². The Morgan fingerprint density at radius 1 is 1.31 bits per heavy atom. The second-order valence-electron chi connectivity index (χ2n) is 6.15. The Morgan fingerprint density at radius 2 is 1.88 bits per heavy atom. The molecular formula is C13H29N3. The smallest absolute Gasteiger partial charge is 0.0117 e. The molecule has 3 heteroatoms. The van der Waals surface area contributed by atoms with Crippen LogP contribution in [0, 0.1) is 5.41 Å². The molecule has 0 amide bonds. The highest BCUT2D eigenvalue weighted by Gasteiger charge is 2.25. The first-order chi connectivity index (χ1) is 7.44. The molecule has 0 atom stereocenters. The highest BCUT2D eigenvalue weighted by atomic mass is 15.2. The van der Waals surface area contributed by atoms with Gasteiger partial charge in [-0.05, 0) is 58.4 Å². The van der Waals surface area contributed by atoms with Gasteiger partial charge in [0.2, 0.25) is 0 Å². The predicted octanol–water partition coefficient (Wildman–Crippen LogP) is 1.39. The molecule has 3 nitrogen and oxygen atoms in total. The van der Waals surface area contributed by atoms with E-state index < -0.39 is 0 Å². The van der Waals surface area contributed by atoms with Gasteiger partial charge >= 0.3 is 0 Å². The molecule has 0 aromatic heterocycles. The lowest BCUT2D eigenvalue weighted by Gasteiger charge is -2.39. The standard InChI is InChI=1S/C13H29N3/c1-13(2,7-8-14)11-16(4)12-5-9-15(3)10-6-12/h12H,5-11,14H2,1-4H3. The first kappa shape index (κ1) is 13.9. The van der Waals surface area contributed by atoms with Gasteiger partial charge in [-0.1, -0.05) is 13.8 Å². The van der Waals surface area contributed by atoms with Gasteiger partial charge in [-0.2, -0.15) is 0 Å². The Morgan fingerprint density at radius 3 is 2.38 bits per heavy atom. The maximum Gasteiger partial charge on any atom is 0.0117 e. The number of nitrogens with zero attached hydrogens (tertiary/aromatic N) is 2. The van der Waals surface area contributed by atoms with Gasteiger partial charge in [-0.3, -0.25) is 0 Å². The van der Waals surface area contributed by atoms with E-state index in [0.717, 1.165) is 19.0 Å². The second-order valence-corrected chi connectivity index (χ2v) is 6.15. The molecule has 0 aliphatic carbocycles. The third kappa shape index (κ3) is 4.40. The van der Waals surface area contributed by atoms with Crippen LogP contribution in [-0.2, 0) is 0 Å². The Labute approximate surface area is 101 Å². The first-order valence-corrected chi connectivity index (χ1v) is 6.53. The van der Waals surface area contributed by atoms with Crippen molar-refractivity contribution in [3.8, 4) is 0 Å². The van der Waals surface area contributed by atoms with E-state index in [1.54, 1.807) is 0 Å². The van der Waals surface area contributed by atoms with Gasteiger partial charge in [0.1, 0.15) is 0 Å². The Bertz CT molecular complexity index is 195. The Balaban J connectivity index is 2.36. The number of piperidine rings is 1. The van der Waals surface area contributed by atoms with Crippen molar-refractivity contribution < 1.29 is 0 Å². The maximum atomic E-state index is 5.66. The van der Waals surface area contributed by atoms with Crippen molar-refractivity contribution in [3.63, 3.8) is 0 Å². The zero-order valence-corrected chi connectivity index (χ0v) is 11.5. The summed E-state index contributed by atoms with van der Waals surface area (Å²) in [4.78, 5) is 4.97. The molecule has 0 radical (unpaired) electrons. The average Bonchev–Trinajstić information content (AvgIpc) is 2.17. The zero-order chi connectivity index (χ0) is 12.2. The summed E-state index contributed by atoms with van der Waals surface area (Å²) in [6.45, 7) is 9.10. The van der Waals surface area contributed by atoms with Gasteiger partial charge in [-0.15, -0.1) is 0 Å². The second kappa shape index (κ2) is 5.99. The topological polar surface area (TPSA) is 32.5 Å². The molecule has 2 N–H and O–H groups in total. The van der Waals surface area contributed by atoms with Crippen molar-refractivity contribution in [1.29, 1.82) is 0 Å². The quantitative estimate of drug-likeness (QED) is 0.770. The molecule has 0 unspecified atom stereocenters. The normalized spacial score (nSPS) is 20.6. The average molecular weight is 227 g/mol. The van der Waals surface area contributed by atoms with Crippen LogP contribution in [0.25, 0.3) is 0 Å². The fourth-order valence-corrected chi connectivity index (χ4v) is 2.71. The van der Waals surface area contributed by atoms with E-state index in [0.29, 0.717) is 5.41 Å². The molecule has 1 saturated heterocycles. The summed E-state index contributed by atoms with van der Waals surface area (Å²) >= 11 is 0. The minimum atomic E-state index is 0.354. The van der Waals surface area contributed by atoms with Crippen LogP contribution < -0.4 is 5.73 Å². The fourth-order valence-electron chi connectivity index (χ4n) is 2.71. The lowest BCUT2D eigenvalue weighted by molar-refractivity contribution is 0.104. The SMILES string of the molecule is CN1CCC(N(C)CC(C)(C)CCN)CC1. The van der Waals surface area contributed by atoms with Gasteiger partial charge in [-0.25, -0.2) is 0 Å². The molecule has 16 heavy (non-hydrogen) atoms. The molecule has 0 saturated carbocycles. The van der Waals surface area contributed by atoms with Crippen molar-refractivity contribution in [2.24, 2.45) is 11.1 Å². The molecule has 0 spiro atoms. The van der Waals surface area contributed by atoms with E-state index >= 15 is 0 Å². The summed E-state index contributed by atoms with van der Waals surface area (Å²) in [5.41, 5.74) is 6.02. The zero-order valence-electron chi connectivity index (χ0n) is 11.5. The third-order valence-electron chi connectivity index (χ3n) is 3.81. The number of likely N-dealkylation sites (tertiary alicyclic amines) is 1.